The van der Waals surface area contributed by atoms with Gasteiger partial charge >= 0.3 is 0 Å². The third-order valence-electron chi connectivity index (χ3n) is 1.59. The van der Waals surface area contributed by atoms with Crippen LogP contribution >= 0.6 is 0 Å². The van der Waals surface area contributed by atoms with E-state index in [4.69, 9.17) is 4.74 Å². The Kier molecular flexibility index (Phi) is 3.80. The van der Waals surface area contributed by atoms with Gasteiger partial charge < -0.3 is 4.74 Å². The molecule has 0 atom stereocenters. The van der Waals surface area contributed by atoms with Gasteiger partial charge in [-0.25, -0.2) is 0 Å². The van der Waals surface area contributed by atoms with Crippen LogP contribution in [0.25, 0.3) is 0 Å². The zero-order valence-corrected chi connectivity index (χ0v) is 7.79. The fourth-order valence-corrected chi connectivity index (χ4v) is 0.992. The maximum absolute atomic E-state index is 5.34. The minimum absolute atomic E-state index is 0.759. The molecule has 1 rings (SSSR count). The number of aromatic nitrogens is 2. The van der Waals surface area contributed by atoms with Gasteiger partial charge in [0.2, 0.25) is 0 Å². The van der Waals surface area contributed by atoms with Crippen LogP contribution in [-0.4, -0.2) is 23.0 Å². The van der Waals surface area contributed by atoms with E-state index in [2.05, 4.69) is 12.0 Å². The molecule has 0 aliphatic heterocycles. The highest BCUT2D eigenvalue weighted by Gasteiger charge is 1.92. The van der Waals surface area contributed by atoms with Gasteiger partial charge in [-0.05, 0) is 19.4 Å². The largest absolute Gasteiger partial charge is 0.380 e. The molecular weight excluding hydrogens is 152 g/mol. The number of hydrogen-bond acceptors (Lipinski definition) is 2. The Balaban J connectivity index is 2.15. The van der Waals surface area contributed by atoms with E-state index in [1.807, 2.05) is 23.9 Å². The van der Waals surface area contributed by atoms with E-state index < -0.39 is 0 Å². The van der Waals surface area contributed by atoms with E-state index in [1.54, 1.807) is 0 Å². The first-order chi connectivity index (χ1) is 5.83. The lowest BCUT2D eigenvalue weighted by Gasteiger charge is -2.01. The molecule has 0 fully saturated rings. The van der Waals surface area contributed by atoms with Crippen LogP contribution in [0, 0.1) is 6.92 Å². The smallest absolute Gasteiger partial charge is 0.0662 e. The van der Waals surface area contributed by atoms with Crippen molar-refractivity contribution in [2.24, 2.45) is 0 Å². The van der Waals surface area contributed by atoms with Crippen molar-refractivity contribution in [3.63, 3.8) is 0 Å². The normalized spacial score (nSPS) is 10.5. The van der Waals surface area contributed by atoms with Crippen LogP contribution in [-0.2, 0) is 11.3 Å². The Labute approximate surface area is 73.3 Å². The summed E-state index contributed by atoms with van der Waals surface area (Å²) in [7, 11) is 0. The van der Waals surface area contributed by atoms with Crippen LogP contribution in [0.2, 0.25) is 0 Å². The van der Waals surface area contributed by atoms with Crippen LogP contribution in [0.1, 0.15) is 19.0 Å². The molecule has 0 aromatic carbocycles. The molecule has 1 aromatic rings. The standard InChI is InChI=1S/C9H16N2O/c1-3-7-12-8-6-11-5-4-9(2)10-11/h4-5H,3,6-8H2,1-2H3. The molecule has 3 heteroatoms. The molecule has 0 radical (unpaired) electrons. The molecule has 68 valence electrons. The maximum atomic E-state index is 5.34. The minimum Gasteiger partial charge on any atom is -0.380 e. The third-order valence-corrected chi connectivity index (χ3v) is 1.59. The quantitative estimate of drug-likeness (QED) is 0.625. The van der Waals surface area contributed by atoms with Gasteiger partial charge in [0, 0.05) is 12.8 Å². The Morgan fingerprint density at radius 1 is 1.50 bits per heavy atom. The topological polar surface area (TPSA) is 27.1 Å². The van der Waals surface area contributed by atoms with Gasteiger partial charge in [-0.3, -0.25) is 4.68 Å². The summed E-state index contributed by atoms with van der Waals surface area (Å²) in [5.74, 6) is 0. The summed E-state index contributed by atoms with van der Waals surface area (Å²) in [4.78, 5) is 0. The molecule has 3 nitrogen and oxygen atoms in total. The summed E-state index contributed by atoms with van der Waals surface area (Å²) in [6.45, 7) is 6.56. The Morgan fingerprint density at radius 2 is 2.33 bits per heavy atom. The SMILES string of the molecule is CCCOCCn1ccc(C)n1. The van der Waals surface area contributed by atoms with Gasteiger partial charge in [-0.15, -0.1) is 0 Å². The highest BCUT2D eigenvalue weighted by molar-refractivity contribution is 4.94. The van der Waals surface area contributed by atoms with Crippen molar-refractivity contribution < 1.29 is 4.74 Å². The molecular formula is C9H16N2O. The molecule has 0 aliphatic carbocycles. The van der Waals surface area contributed by atoms with Crippen molar-refractivity contribution in [3.8, 4) is 0 Å². The van der Waals surface area contributed by atoms with Crippen LogP contribution in [0.15, 0.2) is 12.3 Å². The van der Waals surface area contributed by atoms with Crippen LogP contribution in [0.4, 0.5) is 0 Å². The first kappa shape index (κ1) is 9.26. The van der Waals surface area contributed by atoms with E-state index in [0.717, 1.165) is 31.9 Å². The monoisotopic (exact) mass is 168 g/mol. The molecule has 0 saturated heterocycles. The van der Waals surface area contributed by atoms with Gasteiger partial charge in [0.15, 0.2) is 0 Å². The molecule has 0 amide bonds. The van der Waals surface area contributed by atoms with Crippen molar-refractivity contribution in [3.05, 3.63) is 18.0 Å². The van der Waals surface area contributed by atoms with Crippen molar-refractivity contribution in [1.29, 1.82) is 0 Å². The first-order valence-corrected chi connectivity index (χ1v) is 4.40. The lowest BCUT2D eigenvalue weighted by atomic mass is 10.5. The van der Waals surface area contributed by atoms with E-state index >= 15 is 0 Å². The molecule has 0 aliphatic rings. The fraction of sp³-hybridized carbons (Fsp3) is 0.667. The maximum Gasteiger partial charge on any atom is 0.0662 e. The predicted molar refractivity (Wildman–Crippen MR) is 48.1 cm³/mol. The fourth-order valence-electron chi connectivity index (χ4n) is 0.992. The number of rotatable bonds is 5. The second-order valence-electron chi connectivity index (χ2n) is 2.83. The van der Waals surface area contributed by atoms with Crippen molar-refractivity contribution in [1.82, 2.24) is 9.78 Å². The zero-order valence-electron chi connectivity index (χ0n) is 7.79. The minimum atomic E-state index is 0.759. The predicted octanol–water partition coefficient (Wildman–Crippen LogP) is 1.62. The van der Waals surface area contributed by atoms with E-state index in [0.29, 0.717) is 0 Å². The summed E-state index contributed by atoms with van der Waals surface area (Å²) < 4.78 is 7.24. The van der Waals surface area contributed by atoms with E-state index in [-0.39, 0.29) is 0 Å². The van der Waals surface area contributed by atoms with Crippen LogP contribution in [0.3, 0.4) is 0 Å². The lowest BCUT2D eigenvalue weighted by molar-refractivity contribution is 0.124. The molecule has 0 N–H and O–H groups in total. The highest BCUT2D eigenvalue weighted by Crippen LogP contribution is 1.92. The first-order valence-electron chi connectivity index (χ1n) is 4.40. The summed E-state index contributed by atoms with van der Waals surface area (Å²) in [5, 5.41) is 4.24. The summed E-state index contributed by atoms with van der Waals surface area (Å²) in [5.41, 5.74) is 1.06. The molecule has 0 unspecified atom stereocenters. The van der Waals surface area contributed by atoms with Gasteiger partial charge in [0.25, 0.3) is 0 Å². The summed E-state index contributed by atoms with van der Waals surface area (Å²) >= 11 is 0. The van der Waals surface area contributed by atoms with Gasteiger partial charge in [-0.2, -0.15) is 5.10 Å². The van der Waals surface area contributed by atoms with Gasteiger partial charge in [0.1, 0.15) is 0 Å². The van der Waals surface area contributed by atoms with Gasteiger partial charge in [-0.1, -0.05) is 6.92 Å². The molecule has 0 spiro atoms. The summed E-state index contributed by atoms with van der Waals surface area (Å²) in [6, 6.07) is 2.00. The van der Waals surface area contributed by atoms with Crippen molar-refractivity contribution in [2.75, 3.05) is 13.2 Å². The molecule has 12 heavy (non-hydrogen) atoms. The Bertz CT molecular complexity index is 220. The Morgan fingerprint density at radius 3 is 2.92 bits per heavy atom. The average Bonchev–Trinajstić information content (AvgIpc) is 2.45. The number of hydrogen-bond donors (Lipinski definition) is 0. The van der Waals surface area contributed by atoms with Gasteiger partial charge in [0.05, 0.1) is 18.8 Å². The summed E-state index contributed by atoms with van der Waals surface area (Å²) in [6.07, 6.45) is 3.06. The second-order valence-corrected chi connectivity index (χ2v) is 2.83. The lowest BCUT2D eigenvalue weighted by Crippen LogP contribution is -2.06. The van der Waals surface area contributed by atoms with E-state index in [9.17, 15) is 0 Å². The Hall–Kier alpha value is -0.830. The zero-order chi connectivity index (χ0) is 8.81. The second kappa shape index (κ2) is 4.93. The number of ether oxygens (including phenoxy) is 1. The molecule has 1 aromatic heterocycles. The average molecular weight is 168 g/mol. The van der Waals surface area contributed by atoms with Crippen molar-refractivity contribution >= 4 is 0 Å². The molecule has 1 heterocycles. The van der Waals surface area contributed by atoms with Crippen LogP contribution in [0.5, 0.6) is 0 Å². The number of nitrogens with zero attached hydrogens (tertiary/aromatic N) is 2. The van der Waals surface area contributed by atoms with Crippen LogP contribution < -0.4 is 0 Å². The van der Waals surface area contributed by atoms with E-state index in [1.165, 1.54) is 0 Å². The number of aryl methyl sites for hydroxylation is 1. The van der Waals surface area contributed by atoms with Crippen molar-refractivity contribution in [2.45, 2.75) is 26.8 Å². The third kappa shape index (κ3) is 3.05. The molecule has 0 bridgehead atoms. The molecule has 0 saturated carbocycles. The highest BCUT2D eigenvalue weighted by atomic mass is 16.5.